The molecule has 1 unspecified atom stereocenters. The fraction of sp³-hybridized carbons (Fsp3) is 0.500. The van der Waals surface area contributed by atoms with Crippen LogP contribution in [0.2, 0.25) is 4.34 Å². The lowest BCUT2D eigenvalue weighted by Gasteiger charge is -2.08. The summed E-state index contributed by atoms with van der Waals surface area (Å²) in [5, 5.41) is 3.21. The Kier molecular flexibility index (Phi) is 4.69. The molecule has 5 heteroatoms. The fourth-order valence-electron chi connectivity index (χ4n) is 0.911. The van der Waals surface area contributed by atoms with Crippen molar-refractivity contribution in [3.8, 4) is 0 Å². The van der Waals surface area contributed by atoms with Crippen molar-refractivity contribution in [1.82, 2.24) is 5.32 Å². The standard InChI is InChI=1S/C8H14ClN3S/c9-8-2-1-7(13-8)5-12-4-6(11)3-10/h1-2,6,12H,3-5,10-11H2. The van der Waals surface area contributed by atoms with Gasteiger partial charge in [0.2, 0.25) is 0 Å². The van der Waals surface area contributed by atoms with Crippen LogP contribution in [-0.2, 0) is 6.54 Å². The number of nitrogens with one attached hydrogen (secondary N) is 1. The van der Waals surface area contributed by atoms with E-state index in [9.17, 15) is 0 Å². The van der Waals surface area contributed by atoms with Crippen molar-refractivity contribution in [3.05, 3.63) is 21.3 Å². The number of rotatable bonds is 5. The molecule has 0 amide bonds. The molecule has 0 radical (unpaired) electrons. The van der Waals surface area contributed by atoms with Gasteiger partial charge in [-0.25, -0.2) is 0 Å². The van der Waals surface area contributed by atoms with Crippen LogP contribution in [0.15, 0.2) is 12.1 Å². The molecule has 1 aromatic rings. The minimum atomic E-state index is 0.0374. The Labute approximate surface area is 87.1 Å². The van der Waals surface area contributed by atoms with Gasteiger partial charge in [-0.3, -0.25) is 0 Å². The van der Waals surface area contributed by atoms with Gasteiger partial charge in [-0.2, -0.15) is 0 Å². The van der Waals surface area contributed by atoms with E-state index in [1.807, 2.05) is 12.1 Å². The van der Waals surface area contributed by atoms with Crippen LogP contribution in [0.4, 0.5) is 0 Å². The molecule has 0 bridgehead atoms. The van der Waals surface area contributed by atoms with Gasteiger partial charge in [0.25, 0.3) is 0 Å². The van der Waals surface area contributed by atoms with Crippen molar-refractivity contribution in [1.29, 1.82) is 0 Å². The molecule has 0 saturated carbocycles. The second kappa shape index (κ2) is 5.57. The number of hydrogen-bond donors (Lipinski definition) is 3. The third-order valence-electron chi connectivity index (χ3n) is 1.64. The molecule has 13 heavy (non-hydrogen) atoms. The molecule has 0 aromatic carbocycles. The van der Waals surface area contributed by atoms with Gasteiger partial charge >= 0.3 is 0 Å². The Balaban J connectivity index is 2.20. The van der Waals surface area contributed by atoms with E-state index in [1.54, 1.807) is 11.3 Å². The quantitative estimate of drug-likeness (QED) is 0.686. The first kappa shape index (κ1) is 10.9. The molecule has 0 saturated heterocycles. The zero-order valence-corrected chi connectivity index (χ0v) is 8.87. The average molecular weight is 220 g/mol. The molecule has 0 aliphatic heterocycles. The minimum absolute atomic E-state index is 0.0374. The molecule has 0 aliphatic carbocycles. The number of halogens is 1. The summed E-state index contributed by atoms with van der Waals surface area (Å²) in [6.07, 6.45) is 0. The van der Waals surface area contributed by atoms with Gasteiger partial charge in [-0.15, -0.1) is 11.3 Å². The van der Waals surface area contributed by atoms with Crippen LogP contribution in [0.1, 0.15) is 4.88 Å². The number of thiophene rings is 1. The predicted molar refractivity (Wildman–Crippen MR) is 58.1 cm³/mol. The Hall–Kier alpha value is -0.130. The van der Waals surface area contributed by atoms with Crippen LogP contribution in [0, 0.1) is 0 Å². The lowest BCUT2D eigenvalue weighted by molar-refractivity contribution is 0.585. The first-order valence-corrected chi connectivity index (χ1v) is 5.32. The zero-order valence-electron chi connectivity index (χ0n) is 7.29. The highest BCUT2D eigenvalue weighted by Gasteiger charge is 2.00. The maximum Gasteiger partial charge on any atom is 0.0931 e. The van der Waals surface area contributed by atoms with Crippen molar-refractivity contribution in [3.63, 3.8) is 0 Å². The summed E-state index contributed by atoms with van der Waals surface area (Å²) in [7, 11) is 0. The molecule has 1 heterocycles. The molecule has 0 fully saturated rings. The molecule has 3 nitrogen and oxygen atoms in total. The van der Waals surface area contributed by atoms with Crippen molar-refractivity contribution >= 4 is 22.9 Å². The van der Waals surface area contributed by atoms with E-state index in [0.717, 1.165) is 17.4 Å². The monoisotopic (exact) mass is 219 g/mol. The summed E-state index contributed by atoms with van der Waals surface area (Å²) in [6, 6.07) is 3.94. The lowest BCUT2D eigenvalue weighted by atomic mass is 10.3. The van der Waals surface area contributed by atoms with Crippen molar-refractivity contribution in [2.24, 2.45) is 11.5 Å². The van der Waals surface area contributed by atoms with E-state index in [4.69, 9.17) is 23.1 Å². The fourth-order valence-corrected chi connectivity index (χ4v) is 1.97. The third-order valence-corrected chi connectivity index (χ3v) is 2.87. The SMILES string of the molecule is NCC(N)CNCc1ccc(Cl)s1. The van der Waals surface area contributed by atoms with Gasteiger partial charge in [-0.1, -0.05) is 11.6 Å². The molecule has 0 spiro atoms. The molecule has 5 N–H and O–H groups in total. The van der Waals surface area contributed by atoms with Crippen LogP contribution < -0.4 is 16.8 Å². The van der Waals surface area contributed by atoms with Gasteiger partial charge in [0.15, 0.2) is 0 Å². The van der Waals surface area contributed by atoms with Crippen LogP contribution in [0.5, 0.6) is 0 Å². The number of hydrogen-bond acceptors (Lipinski definition) is 4. The average Bonchev–Trinajstić information content (AvgIpc) is 2.51. The summed E-state index contributed by atoms with van der Waals surface area (Å²) in [4.78, 5) is 1.22. The molecule has 74 valence electrons. The smallest absolute Gasteiger partial charge is 0.0931 e. The normalized spacial score (nSPS) is 13.2. The molecule has 0 aliphatic rings. The summed E-state index contributed by atoms with van der Waals surface area (Å²) in [5.41, 5.74) is 11.0. The Morgan fingerprint density at radius 3 is 2.85 bits per heavy atom. The highest BCUT2D eigenvalue weighted by molar-refractivity contribution is 7.16. The first-order valence-electron chi connectivity index (χ1n) is 4.13. The van der Waals surface area contributed by atoms with E-state index >= 15 is 0 Å². The van der Waals surface area contributed by atoms with E-state index in [0.29, 0.717) is 6.54 Å². The van der Waals surface area contributed by atoms with E-state index < -0.39 is 0 Å². The Morgan fingerprint density at radius 2 is 2.31 bits per heavy atom. The van der Waals surface area contributed by atoms with Crippen LogP contribution in [-0.4, -0.2) is 19.1 Å². The van der Waals surface area contributed by atoms with E-state index in [1.165, 1.54) is 4.88 Å². The van der Waals surface area contributed by atoms with Gasteiger partial charge in [0.05, 0.1) is 4.34 Å². The van der Waals surface area contributed by atoms with Crippen molar-refractivity contribution in [2.75, 3.05) is 13.1 Å². The zero-order chi connectivity index (χ0) is 9.68. The van der Waals surface area contributed by atoms with Crippen LogP contribution in [0.3, 0.4) is 0 Å². The Morgan fingerprint density at radius 1 is 1.54 bits per heavy atom. The molecular weight excluding hydrogens is 206 g/mol. The maximum atomic E-state index is 5.78. The van der Waals surface area contributed by atoms with Crippen LogP contribution >= 0.6 is 22.9 Å². The largest absolute Gasteiger partial charge is 0.329 e. The number of nitrogens with two attached hydrogens (primary N) is 2. The van der Waals surface area contributed by atoms with E-state index in [-0.39, 0.29) is 6.04 Å². The molecule has 1 atom stereocenters. The molecule has 1 aromatic heterocycles. The second-order valence-corrected chi connectivity index (χ2v) is 4.63. The first-order chi connectivity index (χ1) is 6.22. The summed E-state index contributed by atoms with van der Waals surface area (Å²) in [5.74, 6) is 0. The van der Waals surface area contributed by atoms with Crippen molar-refractivity contribution < 1.29 is 0 Å². The summed E-state index contributed by atoms with van der Waals surface area (Å²) < 4.78 is 0.819. The lowest BCUT2D eigenvalue weighted by Crippen LogP contribution is -2.39. The topological polar surface area (TPSA) is 64.1 Å². The highest BCUT2D eigenvalue weighted by atomic mass is 35.5. The van der Waals surface area contributed by atoms with Gasteiger partial charge in [0.1, 0.15) is 0 Å². The molecular formula is C8H14ClN3S. The Bertz CT molecular complexity index is 251. The van der Waals surface area contributed by atoms with Gasteiger partial charge in [0, 0.05) is 30.6 Å². The second-order valence-electron chi connectivity index (χ2n) is 2.83. The van der Waals surface area contributed by atoms with Crippen molar-refractivity contribution in [2.45, 2.75) is 12.6 Å². The van der Waals surface area contributed by atoms with Crippen LogP contribution in [0.25, 0.3) is 0 Å². The third kappa shape index (κ3) is 4.06. The summed E-state index contributed by atoms with van der Waals surface area (Å²) >= 11 is 7.35. The van der Waals surface area contributed by atoms with E-state index in [2.05, 4.69) is 5.32 Å². The minimum Gasteiger partial charge on any atom is -0.329 e. The van der Waals surface area contributed by atoms with Gasteiger partial charge < -0.3 is 16.8 Å². The van der Waals surface area contributed by atoms with Gasteiger partial charge in [-0.05, 0) is 12.1 Å². The maximum absolute atomic E-state index is 5.78. The summed E-state index contributed by atoms with van der Waals surface area (Å²) in [6.45, 7) is 2.06. The highest BCUT2D eigenvalue weighted by Crippen LogP contribution is 2.20. The predicted octanol–water partition coefficient (Wildman–Crippen LogP) is 0.777. The molecule has 1 rings (SSSR count).